The van der Waals surface area contributed by atoms with Gasteiger partial charge in [0.05, 0.1) is 17.9 Å². The van der Waals surface area contributed by atoms with Crippen molar-refractivity contribution in [3.63, 3.8) is 0 Å². The fraction of sp³-hybridized carbons (Fsp3) is 0.300. The molecule has 3 N–H and O–H groups in total. The second-order valence-electron chi connectivity index (χ2n) is 3.59. The molecule has 1 aliphatic rings. The van der Waals surface area contributed by atoms with Crippen LogP contribution in [0.25, 0.3) is 0 Å². The van der Waals surface area contributed by atoms with Gasteiger partial charge in [-0.25, -0.2) is 9.78 Å². The van der Waals surface area contributed by atoms with E-state index in [4.69, 9.17) is 5.11 Å². The topological polar surface area (TPSA) is 91.3 Å². The Morgan fingerprint density at radius 1 is 1.56 bits per heavy atom. The number of amides is 1. The van der Waals surface area contributed by atoms with Crippen molar-refractivity contribution < 1.29 is 14.7 Å². The van der Waals surface area contributed by atoms with Crippen LogP contribution >= 0.6 is 0 Å². The molecule has 0 bridgehead atoms. The van der Waals surface area contributed by atoms with Crippen LogP contribution in [0, 0.1) is 0 Å². The SMILES string of the molecule is O=C1CC(Nc2ccc(C(=O)O)nc2)CN1. The third kappa shape index (κ3) is 2.28. The molecule has 6 heteroatoms. The van der Waals surface area contributed by atoms with Crippen LogP contribution in [0.4, 0.5) is 5.69 Å². The third-order valence-corrected chi connectivity index (χ3v) is 2.33. The quantitative estimate of drug-likeness (QED) is 0.672. The fourth-order valence-corrected chi connectivity index (χ4v) is 1.55. The van der Waals surface area contributed by atoms with Gasteiger partial charge in [0.2, 0.25) is 5.91 Å². The monoisotopic (exact) mass is 221 g/mol. The number of aromatic carboxylic acids is 1. The van der Waals surface area contributed by atoms with Gasteiger partial charge in [0.25, 0.3) is 0 Å². The van der Waals surface area contributed by atoms with Crippen molar-refractivity contribution in [3.8, 4) is 0 Å². The van der Waals surface area contributed by atoms with Gasteiger partial charge < -0.3 is 15.7 Å². The molecule has 0 radical (unpaired) electrons. The highest BCUT2D eigenvalue weighted by Crippen LogP contribution is 2.11. The van der Waals surface area contributed by atoms with Gasteiger partial charge in [-0.3, -0.25) is 4.79 Å². The first-order valence-electron chi connectivity index (χ1n) is 4.88. The van der Waals surface area contributed by atoms with Gasteiger partial charge in [0.1, 0.15) is 5.69 Å². The van der Waals surface area contributed by atoms with Crippen LogP contribution < -0.4 is 10.6 Å². The van der Waals surface area contributed by atoms with Crippen molar-refractivity contribution in [2.24, 2.45) is 0 Å². The molecule has 1 aromatic rings. The van der Waals surface area contributed by atoms with Gasteiger partial charge >= 0.3 is 5.97 Å². The summed E-state index contributed by atoms with van der Waals surface area (Å²) in [4.78, 5) is 25.3. The molecule has 1 amide bonds. The highest BCUT2D eigenvalue weighted by Gasteiger charge is 2.20. The maximum absolute atomic E-state index is 10.9. The fourth-order valence-electron chi connectivity index (χ4n) is 1.55. The Labute approximate surface area is 91.7 Å². The normalized spacial score (nSPS) is 19.2. The Kier molecular flexibility index (Phi) is 2.72. The number of nitrogens with zero attached hydrogens (tertiary/aromatic N) is 1. The van der Waals surface area contributed by atoms with Crippen LogP contribution in [0.1, 0.15) is 16.9 Å². The van der Waals surface area contributed by atoms with E-state index < -0.39 is 5.97 Å². The van der Waals surface area contributed by atoms with E-state index in [9.17, 15) is 9.59 Å². The summed E-state index contributed by atoms with van der Waals surface area (Å²) in [6.07, 6.45) is 1.88. The third-order valence-electron chi connectivity index (χ3n) is 2.33. The van der Waals surface area contributed by atoms with Crippen molar-refractivity contribution >= 4 is 17.6 Å². The Bertz CT molecular complexity index is 416. The van der Waals surface area contributed by atoms with Crippen molar-refractivity contribution in [2.45, 2.75) is 12.5 Å². The molecule has 1 unspecified atom stereocenters. The van der Waals surface area contributed by atoms with Crippen molar-refractivity contribution in [3.05, 3.63) is 24.0 Å². The van der Waals surface area contributed by atoms with E-state index in [0.29, 0.717) is 18.7 Å². The molecule has 6 nitrogen and oxygen atoms in total. The molecule has 1 atom stereocenters. The summed E-state index contributed by atoms with van der Waals surface area (Å²) in [5.41, 5.74) is 0.720. The molecule has 1 aliphatic heterocycles. The number of pyridine rings is 1. The molecule has 84 valence electrons. The van der Waals surface area contributed by atoms with Crippen molar-refractivity contribution in [1.82, 2.24) is 10.3 Å². The number of carboxylic acid groups (broad SMARTS) is 1. The number of hydrogen-bond donors (Lipinski definition) is 3. The first-order chi connectivity index (χ1) is 7.65. The summed E-state index contributed by atoms with van der Waals surface area (Å²) in [6.45, 7) is 0.583. The molecule has 0 aliphatic carbocycles. The molecule has 16 heavy (non-hydrogen) atoms. The summed E-state index contributed by atoms with van der Waals surface area (Å²) in [5.74, 6) is -1.03. The van der Waals surface area contributed by atoms with Crippen LogP contribution in [0.2, 0.25) is 0 Å². The zero-order valence-electron chi connectivity index (χ0n) is 8.43. The number of carbonyl (C=O) groups is 2. The second kappa shape index (κ2) is 4.18. The lowest BCUT2D eigenvalue weighted by Gasteiger charge is -2.11. The molecular formula is C10H11N3O3. The Balaban J connectivity index is 2.00. The van der Waals surface area contributed by atoms with Gasteiger partial charge in [-0.05, 0) is 12.1 Å². The molecule has 2 rings (SSSR count). The largest absolute Gasteiger partial charge is 0.477 e. The highest BCUT2D eigenvalue weighted by atomic mass is 16.4. The van der Waals surface area contributed by atoms with Crippen LogP contribution in [0.15, 0.2) is 18.3 Å². The van der Waals surface area contributed by atoms with Gasteiger partial charge in [-0.2, -0.15) is 0 Å². The first-order valence-corrected chi connectivity index (χ1v) is 4.88. The van der Waals surface area contributed by atoms with E-state index in [1.54, 1.807) is 6.07 Å². The van der Waals surface area contributed by atoms with Crippen molar-refractivity contribution in [1.29, 1.82) is 0 Å². The van der Waals surface area contributed by atoms with E-state index in [2.05, 4.69) is 15.6 Å². The van der Waals surface area contributed by atoms with Crippen molar-refractivity contribution in [2.75, 3.05) is 11.9 Å². The molecule has 0 saturated carbocycles. The summed E-state index contributed by atoms with van der Waals surface area (Å²) in [5, 5.41) is 14.5. The maximum Gasteiger partial charge on any atom is 0.354 e. The first kappa shape index (κ1) is 10.4. The average molecular weight is 221 g/mol. The van der Waals surface area contributed by atoms with E-state index in [-0.39, 0.29) is 17.6 Å². The van der Waals surface area contributed by atoms with E-state index in [1.807, 2.05) is 0 Å². The number of carbonyl (C=O) groups excluding carboxylic acids is 1. The molecular weight excluding hydrogens is 210 g/mol. The predicted molar refractivity (Wildman–Crippen MR) is 56.2 cm³/mol. The minimum atomic E-state index is -1.05. The number of carboxylic acids is 1. The minimum Gasteiger partial charge on any atom is -0.477 e. The lowest BCUT2D eigenvalue weighted by Crippen LogP contribution is -2.22. The number of nitrogens with one attached hydrogen (secondary N) is 2. The Morgan fingerprint density at radius 2 is 2.38 bits per heavy atom. The van der Waals surface area contributed by atoms with Gasteiger partial charge in [0, 0.05) is 13.0 Å². The standard InChI is InChI=1S/C10H11N3O3/c14-9-3-7(5-12-9)13-6-1-2-8(10(15)16)11-4-6/h1-2,4,7,13H,3,5H2,(H,12,14)(H,15,16). The molecule has 1 saturated heterocycles. The van der Waals surface area contributed by atoms with E-state index in [1.165, 1.54) is 12.3 Å². The Morgan fingerprint density at radius 3 is 2.88 bits per heavy atom. The van der Waals surface area contributed by atoms with Crippen LogP contribution in [-0.2, 0) is 4.79 Å². The van der Waals surface area contributed by atoms with Gasteiger partial charge in [-0.15, -0.1) is 0 Å². The smallest absolute Gasteiger partial charge is 0.354 e. The highest BCUT2D eigenvalue weighted by molar-refractivity contribution is 5.85. The summed E-state index contributed by atoms with van der Waals surface area (Å²) < 4.78 is 0. The molecule has 2 heterocycles. The van der Waals surface area contributed by atoms with Gasteiger partial charge in [0.15, 0.2) is 0 Å². The Hall–Kier alpha value is -2.11. The molecule has 0 aromatic carbocycles. The summed E-state index contributed by atoms with van der Waals surface area (Å²) >= 11 is 0. The van der Waals surface area contributed by atoms with E-state index >= 15 is 0 Å². The van der Waals surface area contributed by atoms with Gasteiger partial charge in [-0.1, -0.05) is 0 Å². The van der Waals surface area contributed by atoms with Crippen LogP contribution in [0.5, 0.6) is 0 Å². The summed E-state index contributed by atoms with van der Waals surface area (Å²) in [7, 11) is 0. The zero-order chi connectivity index (χ0) is 11.5. The van der Waals surface area contributed by atoms with Crippen LogP contribution in [0.3, 0.4) is 0 Å². The lowest BCUT2D eigenvalue weighted by molar-refractivity contribution is -0.119. The predicted octanol–water partition coefficient (Wildman–Crippen LogP) is 0.0802. The maximum atomic E-state index is 10.9. The lowest BCUT2D eigenvalue weighted by atomic mass is 10.2. The number of aromatic nitrogens is 1. The number of hydrogen-bond acceptors (Lipinski definition) is 4. The molecule has 0 spiro atoms. The minimum absolute atomic E-state index is 0.00572. The van der Waals surface area contributed by atoms with E-state index in [0.717, 1.165) is 0 Å². The average Bonchev–Trinajstić information content (AvgIpc) is 2.65. The summed E-state index contributed by atoms with van der Waals surface area (Å²) in [6, 6.07) is 3.11. The second-order valence-corrected chi connectivity index (χ2v) is 3.59. The number of rotatable bonds is 3. The molecule has 1 aromatic heterocycles. The number of anilines is 1. The van der Waals surface area contributed by atoms with Crippen LogP contribution in [-0.4, -0.2) is 34.6 Å². The zero-order valence-corrected chi connectivity index (χ0v) is 8.43. The molecule has 1 fully saturated rings.